The maximum atomic E-state index is 13.1. The second kappa shape index (κ2) is 7.91. The normalized spacial score (nSPS) is 12.5. The van der Waals surface area contributed by atoms with Crippen molar-refractivity contribution >= 4 is 34.3 Å². The predicted octanol–water partition coefficient (Wildman–Crippen LogP) is 5.15. The van der Waals surface area contributed by atoms with Crippen LogP contribution in [0.25, 0.3) is 0 Å². The third-order valence-corrected chi connectivity index (χ3v) is 5.46. The van der Waals surface area contributed by atoms with E-state index in [4.69, 9.17) is 0 Å². The van der Waals surface area contributed by atoms with E-state index in [-0.39, 0.29) is 5.91 Å². The minimum Gasteiger partial charge on any atom is -0.355 e. The Morgan fingerprint density at radius 2 is 1.58 bits per heavy atom. The van der Waals surface area contributed by atoms with E-state index in [2.05, 4.69) is 20.2 Å². The molecule has 0 saturated carbocycles. The summed E-state index contributed by atoms with van der Waals surface area (Å²) in [4.78, 5) is 25.1. The monoisotopic (exact) mass is 407 g/mol. The van der Waals surface area contributed by atoms with Crippen molar-refractivity contribution in [1.82, 2.24) is 9.97 Å². The molecular weight excluding hydrogens is 386 g/mol. The first kappa shape index (κ1) is 18.8. The van der Waals surface area contributed by atoms with Crippen molar-refractivity contribution in [2.45, 2.75) is 6.54 Å². The topological polar surface area (TPSA) is 61.4 Å². The van der Waals surface area contributed by atoms with Crippen LogP contribution in [0.5, 0.6) is 0 Å². The molecule has 0 aliphatic carbocycles. The first-order chi connectivity index (χ1) is 15.2. The number of hydrogen-bond donors (Lipinski definition) is 1. The number of aromatic nitrogens is 2. The van der Waals surface area contributed by atoms with Crippen molar-refractivity contribution in [3.8, 4) is 0 Å². The molecule has 6 nitrogen and oxygen atoms in total. The van der Waals surface area contributed by atoms with Gasteiger partial charge in [-0.1, -0.05) is 6.07 Å². The number of carbonyl (C=O) groups excluding carboxylic acids is 1. The van der Waals surface area contributed by atoms with Crippen LogP contribution in [-0.2, 0) is 6.54 Å². The number of carbonyl (C=O) groups is 1. The van der Waals surface area contributed by atoms with Crippen molar-refractivity contribution in [3.63, 3.8) is 0 Å². The minimum absolute atomic E-state index is 0.0224. The van der Waals surface area contributed by atoms with Gasteiger partial charge in [-0.3, -0.25) is 14.8 Å². The van der Waals surface area contributed by atoms with Crippen molar-refractivity contribution < 1.29 is 4.79 Å². The van der Waals surface area contributed by atoms with Gasteiger partial charge in [0.15, 0.2) is 0 Å². The van der Waals surface area contributed by atoms with Crippen LogP contribution in [0.2, 0.25) is 0 Å². The van der Waals surface area contributed by atoms with Gasteiger partial charge in [0, 0.05) is 65.8 Å². The highest BCUT2D eigenvalue weighted by Gasteiger charge is 2.29. The zero-order chi connectivity index (χ0) is 21.2. The highest BCUT2D eigenvalue weighted by atomic mass is 16.2. The van der Waals surface area contributed by atoms with Gasteiger partial charge in [-0.25, -0.2) is 0 Å². The summed E-state index contributed by atoms with van der Waals surface area (Å²) in [5.41, 5.74) is 6.59. The summed E-state index contributed by atoms with van der Waals surface area (Å²) in [5, 5.41) is 3.36. The molecule has 1 N–H and O–H groups in total. The van der Waals surface area contributed by atoms with Crippen LogP contribution in [0.3, 0.4) is 0 Å². The summed E-state index contributed by atoms with van der Waals surface area (Å²) in [6.45, 7) is 0.544. The molecule has 152 valence electrons. The number of pyridine rings is 2. The fraction of sp³-hybridized carbons (Fsp3) is 0.0800. The molecule has 3 heterocycles. The molecule has 5 rings (SSSR count). The van der Waals surface area contributed by atoms with Crippen LogP contribution in [0, 0.1) is 0 Å². The molecule has 0 unspecified atom stereocenters. The van der Waals surface area contributed by atoms with Gasteiger partial charge in [0.2, 0.25) is 0 Å². The number of nitrogens with zero attached hydrogens (tertiary/aromatic N) is 4. The molecule has 1 amide bonds. The number of fused-ring (bicyclic) bond motifs is 1. The minimum atomic E-state index is 0.0224. The van der Waals surface area contributed by atoms with Gasteiger partial charge >= 0.3 is 0 Å². The quantitative estimate of drug-likeness (QED) is 0.496. The first-order valence-electron chi connectivity index (χ1n) is 10.0. The highest BCUT2D eigenvalue weighted by molar-refractivity contribution is 6.10. The van der Waals surface area contributed by atoms with Crippen molar-refractivity contribution in [1.29, 1.82) is 0 Å². The van der Waals surface area contributed by atoms with Crippen LogP contribution in [0.1, 0.15) is 15.9 Å². The molecule has 0 saturated heterocycles. The summed E-state index contributed by atoms with van der Waals surface area (Å²) in [5.74, 6) is 0.0224. The number of nitrogens with one attached hydrogen (secondary N) is 1. The zero-order valence-corrected chi connectivity index (χ0v) is 17.1. The SMILES string of the molecule is CN(c1ccncc1)c1cccc(N2Cc3cc(Nc4ccncc4)ccc3C2=O)c1. The molecule has 0 bridgehead atoms. The van der Waals surface area contributed by atoms with Crippen LogP contribution < -0.4 is 15.1 Å². The fourth-order valence-corrected chi connectivity index (χ4v) is 3.80. The van der Waals surface area contributed by atoms with Gasteiger partial charge in [-0.05, 0) is 66.2 Å². The maximum Gasteiger partial charge on any atom is 0.258 e. The number of benzene rings is 2. The third kappa shape index (κ3) is 3.71. The van der Waals surface area contributed by atoms with Crippen LogP contribution in [0.4, 0.5) is 28.4 Å². The molecule has 4 aromatic rings. The lowest BCUT2D eigenvalue weighted by Crippen LogP contribution is -2.23. The lowest BCUT2D eigenvalue weighted by atomic mass is 10.1. The van der Waals surface area contributed by atoms with Gasteiger partial charge in [0.25, 0.3) is 5.91 Å². The number of amides is 1. The molecule has 6 heteroatoms. The second-order valence-electron chi connectivity index (χ2n) is 7.41. The summed E-state index contributed by atoms with van der Waals surface area (Å²) in [6, 6.07) is 21.7. The zero-order valence-electron chi connectivity index (χ0n) is 17.1. The number of hydrogen-bond acceptors (Lipinski definition) is 5. The van der Waals surface area contributed by atoms with Crippen LogP contribution in [0.15, 0.2) is 91.5 Å². The smallest absolute Gasteiger partial charge is 0.258 e. The summed E-state index contributed by atoms with van der Waals surface area (Å²) >= 11 is 0. The fourth-order valence-electron chi connectivity index (χ4n) is 3.80. The van der Waals surface area contributed by atoms with Gasteiger partial charge in [-0.15, -0.1) is 0 Å². The Morgan fingerprint density at radius 1 is 0.839 bits per heavy atom. The largest absolute Gasteiger partial charge is 0.355 e. The summed E-state index contributed by atoms with van der Waals surface area (Å²) < 4.78 is 0. The predicted molar refractivity (Wildman–Crippen MR) is 123 cm³/mol. The molecular formula is C25H21N5O. The molecule has 0 fully saturated rings. The van der Waals surface area contributed by atoms with Crippen molar-refractivity contribution in [2.75, 3.05) is 22.2 Å². The van der Waals surface area contributed by atoms with Crippen molar-refractivity contribution in [2.24, 2.45) is 0 Å². The Hall–Kier alpha value is -4.19. The lowest BCUT2D eigenvalue weighted by molar-refractivity contribution is 0.0996. The van der Waals surface area contributed by atoms with E-state index in [1.165, 1.54) is 0 Å². The van der Waals surface area contributed by atoms with Gasteiger partial charge in [0.1, 0.15) is 0 Å². The Morgan fingerprint density at radius 3 is 2.35 bits per heavy atom. The van der Waals surface area contributed by atoms with E-state index in [9.17, 15) is 4.79 Å². The summed E-state index contributed by atoms with van der Waals surface area (Å²) in [6.07, 6.45) is 7.04. The van der Waals surface area contributed by atoms with E-state index < -0.39 is 0 Å². The average Bonchev–Trinajstić information content (AvgIpc) is 3.15. The molecule has 0 radical (unpaired) electrons. The summed E-state index contributed by atoms with van der Waals surface area (Å²) in [7, 11) is 2.01. The van der Waals surface area contributed by atoms with Crippen LogP contribution in [-0.4, -0.2) is 22.9 Å². The van der Waals surface area contributed by atoms with Gasteiger partial charge in [-0.2, -0.15) is 0 Å². The van der Waals surface area contributed by atoms with Gasteiger partial charge in [0.05, 0.1) is 6.54 Å². The van der Waals surface area contributed by atoms with Gasteiger partial charge < -0.3 is 15.1 Å². The molecule has 1 aliphatic heterocycles. The third-order valence-electron chi connectivity index (χ3n) is 5.46. The second-order valence-corrected chi connectivity index (χ2v) is 7.41. The van der Waals surface area contributed by atoms with Crippen molar-refractivity contribution in [3.05, 3.63) is 103 Å². The van der Waals surface area contributed by atoms with E-state index in [0.717, 1.165) is 39.6 Å². The molecule has 31 heavy (non-hydrogen) atoms. The van der Waals surface area contributed by atoms with E-state index in [0.29, 0.717) is 6.54 Å². The molecule has 2 aromatic carbocycles. The lowest BCUT2D eigenvalue weighted by Gasteiger charge is -2.22. The Bertz CT molecular complexity index is 1230. The molecule has 0 atom stereocenters. The molecule has 1 aliphatic rings. The Kier molecular flexibility index (Phi) is 4.80. The first-order valence-corrected chi connectivity index (χ1v) is 10.0. The maximum absolute atomic E-state index is 13.1. The van der Waals surface area contributed by atoms with E-state index in [1.54, 1.807) is 24.8 Å². The Balaban J connectivity index is 1.39. The average molecular weight is 407 g/mol. The standard InChI is InChI=1S/C25H21N5O/c1-29(21-9-13-27-14-10-21)22-3-2-4-23(16-22)30-17-18-15-20(5-6-24(18)25(30)31)28-19-7-11-26-12-8-19/h2-16H,17H2,1H3,(H,26,28). The molecule has 0 spiro atoms. The van der Waals surface area contributed by atoms with E-state index >= 15 is 0 Å². The Labute approximate surface area is 180 Å². The number of rotatable bonds is 5. The van der Waals surface area contributed by atoms with E-state index in [1.807, 2.05) is 78.7 Å². The number of anilines is 5. The molecule has 2 aromatic heterocycles. The van der Waals surface area contributed by atoms with Crippen LogP contribution >= 0.6 is 0 Å². The highest BCUT2D eigenvalue weighted by Crippen LogP contribution is 2.33.